The van der Waals surface area contributed by atoms with E-state index in [9.17, 15) is 0 Å². The summed E-state index contributed by atoms with van der Waals surface area (Å²) in [5, 5.41) is 8.90. The van der Waals surface area contributed by atoms with E-state index in [0.29, 0.717) is 27.5 Å². The second-order valence-corrected chi connectivity index (χ2v) is 11.4. The van der Waals surface area contributed by atoms with Crippen LogP contribution in [0.15, 0.2) is 101 Å². The minimum absolute atomic E-state index is 0.239. The fourth-order valence-corrected chi connectivity index (χ4v) is 7.52. The largest absolute Gasteiger partial charge is 0.455 e. The Morgan fingerprint density at radius 1 is 0.419 bits per heavy atom. The molecule has 7 heteroatoms. The topological polar surface area (TPSA) is 22.5 Å². The number of fused-ring (bicyclic) bond motifs is 13. The molecule has 0 bridgehead atoms. The lowest BCUT2D eigenvalue weighted by Crippen LogP contribution is -2.47. The lowest BCUT2D eigenvalue weighted by Gasteiger charge is -2.11. The molecule has 3 nitrogen and oxygen atoms in total. The molecular formula is C36H16B4N2O. The summed E-state index contributed by atoms with van der Waals surface area (Å²) >= 11 is 0. The number of benzene rings is 6. The molecule has 0 amide bonds. The van der Waals surface area contributed by atoms with Gasteiger partial charge in [-0.25, -0.2) is 0 Å². The van der Waals surface area contributed by atoms with Crippen LogP contribution in [0.25, 0.3) is 87.5 Å². The van der Waals surface area contributed by atoms with Crippen LogP contribution in [-0.2, 0) is 0 Å². The molecule has 0 saturated heterocycles. The first-order valence-electron chi connectivity index (χ1n) is 14.2. The molecule has 6 aromatic carbocycles. The highest BCUT2D eigenvalue weighted by Crippen LogP contribution is 2.45. The van der Waals surface area contributed by atoms with Crippen LogP contribution in [0.3, 0.4) is 0 Å². The predicted molar refractivity (Wildman–Crippen MR) is 184 cm³/mol. The van der Waals surface area contributed by atoms with Crippen LogP contribution >= 0.6 is 0 Å². The van der Waals surface area contributed by atoms with Gasteiger partial charge in [0.25, 0.3) is 0 Å². The van der Waals surface area contributed by atoms with Crippen molar-refractivity contribution in [1.82, 2.24) is 8.97 Å². The van der Waals surface area contributed by atoms with Crippen LogP contribution in [0.5, 0.6) is 0 Å². The Hall–Kier alpha value is -5.02. The van der Waals surface area contributed by atoms with Gasteiger partial charge in [0.2, 0.25) is 0 Å². The molecule has 10 rings (SSSR count). The Kier molecular flexibility index (Phi) is 4.31. The van der Waals surface area contributed by atoms with Crippen LogP contribution < -0.4 is 21.9 Å². The van der Waals surface area contributed by atoms with E-state index < -0.39 is 0 Å². The van der Waals surface area contributed by atoms with Gasteiger partial charge < -0.3 is 13.4 Å². The van der Waals surface area contributed by atoms with Crippen LogP contribution in [0.4, 0.5) is 0 Å². The van der Waals surface area contributed by atoms with Crippen LogP contribution in [0, 0.1) is 0 Å². The molecule has 0 unspecified atom stereocenters. The predicted octanol–water partition coefficient (Wildman–Crippen LogP) is 5.01. The lowest BCUT2D eigenvalue weighted by atomic mass is 9.65. The first kappa shape index (κ1) is 23.5. The third-order valence-electron chi connectivity index (χ3n) is 9.34. The van der Waals surface area contributed by atoms with Gasteiger partial charge in [0.1, 0.15) is 37.0 Å². The number of para-hydroxylation sites is 4. The van der Waals surface area contributed by atoms with Gasteiger partial charge >= 0.3 is 0 Å². The number of nitrogens with zero attached hydrogens (tertiary/aromatic N) is 2. The molecule has 10 aromatic rings. The van der Waals surface area contributed by atoms with Crippen molar-refractivity contribution in [2.24, 2.45) is 0 Å². The summed E-state index contributed by atoms with van der Waals surface area (Å²) in [6.45, 7) is 0. The van der Waals surface area contributed by atoms with Gasteiger partial charge in [-0.2, -0.15) is 0 Å². The first-order valence-corrected chi connectivity index (χ1v) is 14.2. The Morgan fingerprint density at radius 3 is 1.91 bits per heavy atom. The Bertz CT molecular complexity index is 2840. The summed E-state index contributed by atoms with van der Waals surface area (Å²) in [6.07, 6.45) is 0. The summed E-state index contributed by atoms with van der Waals surface area (Å²) in [4.78, 5) is 0. The molecule has 0 aliphatic carbocycles. The van der Waals surface area contributed by atoms with E-state index in [1.54, 1.807) is 0 Å². The highest BCUT2D eigenvalue weighted by Gasteiger charge is 2.24. The van der Waals surface area contributed by atoms with Crippen molar-refractivity contribution >= 4 is 135 Å². The zero-order valence-corrected chi connectivity index (χ0v) is 22.8. The average Bonchev–Trinajstić information content (AvgIpc) is 3.78. The summed E-state index contributed by atoms with van der Waals surface area (Å²) in [5.41, 5.74) is 9.01. The van der Waals surface area contributed by atoms with Gasteiger partial charge in [-0.15, -0.1) is 10.9 Å². The third-order valence-corrected chi connectivity index (χ3v) is 9.34. The summed E-state index contributed by atoms with van der Waals surface area (Å²) in [6, 6.07) is 34.4. The maximum Gasteiger partial charge on any atom is 0.159 e. The molecule has 0 aliphatic heterocycles. The van der Waals surface area contributed by atoms with Crippen LogP contribution in [0.2, 0.25) is 0 Å². The minimum Gasteiger partial charge on any atom is -0.455 e. The highest BCUT2D eigenvalue weighted by molar-refractivity contribution is 6.67. The third kappa shape index (κ3) is 2.68. The zero-order valence-electron chi connectivity index (χ0n) is 22.8. The first-order chi connectivity index (χ1) is 21.0. The molecule has 0 fully saturated rings. The second kappa shape index (κ2) is 7.87. The Balaban J connectivity index is 1.41. The molecule has 0 aliphatic rings. The molecule has 188 valence electrons. The normalized spacial score (nSPS) is 12.6. The maximum absolute atomic E-state index is 6.51. The van der Waals surface area contributed by atoms with E-state index in [-0.39, 0.29) is 10.9 Å². The van der Waals surface area contributed by atoms with Gasteiger partial charge in [0, 0.05) is 43.1 Å². The maximum atomic E-state index is 6.51. The standard InChI is InChI=1S/C36H16B4N2O/c37-30-29-21-11-6-14-26(35(21)43-36(29)33(40)32(39)31(30)38)41-23-13-4-2-8-19(23)27-24(41)15-16-25-28(27)20-10-5-9-18-17-7-1-3-12-22(17)42(25)34(18)20/h1-16H. The quantitative estimate of drug-likeness (QED) is 0.271. The highest BCUT2D eigenvalue weighted by atomic mass is 16.3. The average molecular weight is 536 g/mol. The minimum atomic E-state index is 0.239. The molecule has 0 atom stereocenters. The van der Waals surface area contributed by atoms with Crippen molar-refractivity contribution in [3.63, 3.8) is 0 Å². The van der Waals surface area contributed by atoms with Crippen molar-refractivity contribution < 1.29 is 4.42 Å². The van der Waals surface area contributed by atoms with E-state index >= 15 is 0 Å². The monoisotopic (exact) mass is 536 g/mol. The van der Waals surface area contributed by atoms with Gasteiger partial charge in [-0.3, -0.25) is 0 Å². The van der Waals surface area contributed by atoms with Gasteiger partial charge in [0.15, 0.2) is 5.58 Å². The van der Waals surface area contributed by atoms with Crippen molar-refractivity contribution in [3.8, 4) is 5.69 Å². The number of furan rings is 1. The molecule has 8 radical (unpaired) electrons. The number of hydrogen-bond donors (Lipinski definition) is 0. The van der Waals surface area contributed by atoms with Gasteiger partial charge in [-0.05, 0) is 30.3 Å². The second-order valence-electron chi connectivity index (χ2n) is 11.4. The van der Waals surface area contributed by atoms with Crippen molar-refractivity contribution in [2.45, 2.75) is 0 Å². The fraction of sp³-hybridized carbons (Fsp3) is 0. The van der Waals surface area contributed by atoms with Gasteiger partial charge in [0.05, 0.1) is 33.3 Å². The SMILES string of the molecule is [B]c1c([B])c([B])c2c(oc3c(-n4c5ccccc5c5c6c7cccc8c9ccccc9n(c6ccc54)c87)cccc32)c1[B]. The lowest BCUT2D eigenvalue weighted by molar-refractivity contribution is 0.669. The van der Waals surface area contributed by atoms with Crippen LogP contribution in [-0.4, -0.2) is 40.4 Å². The molecule has 4 aromatic heterocycles. The molecule has 0 saturated carbocycles. The number of hydrogen-bond acceptors (Lipinski definition) is 1. The number of aromatic nitrogens is 2. The van der Waals surface area contributed by atoms with Gasteiger partial charge in [-0.1, -0.05) is 77.7 Å². The summed E-state index contributed by atoms with van der Waals surface area (Å²) < 4.78 is 11.2. The fourth-order valence-electron chi connectivity index (χ4n) is 7.52. The van der Waals surface area contributed by atoms with Crippen molar-refractivity contribution in [2.75, 3.05) is 0 Å². The van der Waals surface area contributed by atoms with Crippen molar-refractivity contribution in [1.29, 1.82) is 0 Å². The molecule has 0 N–H and O–H groups in total. The smallest absolute Gasteiger partial charge is 0.159 e. The van der Waals surface area contributed by atoms with E-state index in [1.807, 2.05) is 12.1 Å². The van der Waals surface area contributed by atoms with E-state index in [2.05, 4.69) is 93.9 Å². The molecular weight excluding hydrogens is 520 g/mol. The number of rotatable bonds is 1. The molecule has 0 spiro atoms. The van der Waals surface area contributed by atoms with E-state index in [4.69, 9.17) is 35.8 Å². The zero-order chi connectivity index (χ0) is 28.7. The molecule has 43 heavy (non-hydrogen) atoms. The summed E-state index contributed by atoms with van der Waals surface area (Å²) in [5.74, 6) is 0. The van der Waals surface area contributed by atoms with E-state index in [0.717, 1.165) is 22.1 Å². The Labute approximate surface area is 250 Å². The van der Waals surface area contributed by atoms with Crippen LogP contribution in [0.1, 0.15) is 0 Å². The summed E-state index contributed by atoms with van der Waals surface area (Å²) in [7, 11) is 25.3. The van der Waals surface area contributed by atoms with Crippen molar-refractivity contribution in [3.05, 3.63) is 97.1 Å². The molecule has 4 heterocycles. The van der Waals surface area contributed by atoms with E-state index in [1.165, 1.54) is 48.9 Å². The Morgan fingerprint density at radius 2 is 1.05 bits per heavy atom.